The lowest BCUT2D eigenvalue weighted by Crippen LogP contribution is -2.11. The van der Waals surface area contributed by atoms with Gasteiger partial charge < -0.3 is 10.6 Å². The van der Waals surface area contributed by atoms with Gasteiger partial charge in [-0.05, 0) is 31.4 Å². The molecule has 1 heterocycles. The number of anilines is 2. The van der Waals surface area contributed by atoms with Crippen molar-refractivity contribution in [1.82, 2.24) is 9.97 Å². The Hall–Kier alpha value is -2.17. The average Bonchev–Trinajstić information content (AvgIpc) is 2.49. The molecule has 4 nitrogen and oxygen atoms in total. The lowest BCUT2D eigenvalue weighted by molar-refractivity contribution is 0.610. The van der Waals surface area contributed by atoms with Crippen LogP contribution in [-0.4, -0.2) is 23.1 Å². The molecular weight excluding hydrogens is 279 g/mol. The molecule has 1 aromatic carbocycles. The highest BCUT2D eigenvalue weighted by Crippen LogP contribution is 2.11. The Kier molecular flexibility index (Phi) is 6.13. The van der Waals surface area contributed by atoms with E-state index >= 15 is 0 Å². The zero-order valence-electron chi connectivity index (χ0n) is 13.2. The van der Waals surface area contributed by atoms with Gasteiger partial charge in [0.2, 0.25) is 5.95 Å². The molecule has 1 aromatic heterocycles. The van der Waals surface area contributed by atoms with Crippen LogP contribution in [0.2, 0.25) is 0 Å². The van der Waals surface area contributed by atoms with Gasteiger partial charge in [-0.2, -0.15) is 4.98 Å². The summed E-state index contributed by atoms with van der Waals surface area (Å²) in [6, 6.07) is 8.75. The molecule has 0 saturated heterocycles. The molecule has 0 atom stereocenters. The first-order valence-corrected chi connectivity index (χ1v) is 7.76. The predicted molar refractivity (Wildman–Crippen MR) is 88.8 cm³/mol. The summed E-state index contributed by atoms with van der Waals surface area (Å²) in [4.78, 5) is 8.79. The fraction of sp³-hybridized carbons (Fsp3) is 0.412. The molecule has 118 valence electrons. The number of nitrogens with zero attached hydrogens (tertiary/aromatic N) is 2. The molecule has 0 fully saturated rings. The maximum Gasteiger partial charge on any atom is 0.224 e. The number of hydrogen-bond donors (Lipinski definition) is 2. The summed E-state index contributed by atoms with van der Waals surface area (Å²) in [5.41, 5.74) is 1.60. The normalized spacial score (nSPS) is 10.5. The number of rotatable bonds is 8. The average molecular weight is 302 g/mol. The van der Waals surface area contributed by atoms with Crippen LogP contribution >= 0.6 is 0 Å². The molecule has 0 aliphatic heterocycles. The van der Waals surface area contributed by atoms with Gasteiger partial charge in [-0.1, -0.05) is 31.5 Å². The maximum absolute atomic E-state index is 13.5. The van der Waals surface area contributed by atoms with Gasteiger partial charge in [-0.15, -0.1) is 0 Å². The Morgan fingerprint density at radius 3 is 2.68 bits per heavy atom. The number of halogens is 1. The van der Waals surface area contributed by atoms with Gasteiger partial charge in [0.15, 0.2) is 0 Å². The molecule has 0 aliphatic rings. The van der Waals surface area contributed by atoms with Crippen LogP contribution in [0, 0.1) is 12.7 Å². The van der Waals surface area contributed by atoms with Gasteiger partial charge in [-0.25, -0.2) is 9.37 Å². The van der Waals surface area contributed by atoms with E-state index in [1.807, 2.05) is 19.1 Å². The van der Waals surface area contributed by atoms with Crippen molar-refractivity contribution in [2.24, 2.45) is 0 Å². The zero-order chi connectivity index (χ0) is 15.8. The standard InChI is InChI=1S/C17H23FN4/c1-3-4-10-19-16-12-13(2)21-17(22-16)20-11-9-14-7-5-6-8-15(14)18/h5-8,12H,3-4,9-11H2,1-2H3,(H2,19,20,21,22). The quantitative estimate of drug-likeness (QED) is 0.728. The number of aromatic nitrogens is 2. The van der Waals surface area contributed by atoms with Crippen LogP contribution in [0.3, 0.4) is 0 Å². The van der Waals surface area contributed by atoms with Gasteiger partial charge in [0, 0.05) is 24.8 Å². The third kappa shape index (κ3) is 4.98. The number of benzene rings is 1. The summed E-state index contributed by atoms with van der Waals surface area (Å²) in [5.74, 6) is 1.24. The zero-order valence-corrected chi connectivity index (χ0v) is 13.2. The van der Waals surface area contributed by atoms with Crippen molar-refractivity contribution in [3.63, 3.8) is 0 Å². The first-order chi connectivity index (χ1) is 10.7. The van der Waals surface area contributed by atoms with E-state index in [0.29, 0.717) is 24.5 Å². The SMILES string of the molecule is CCCCNc1cc(C)nc(NCCc2ccccc2F)n1. The summed E-state index contributed by atoms with van der Waals surface area (Å²) in [5, 5.41) is 6.46. The van der Waals surface area contributed by atoms with Gasteiger partial charge in [-0.3, -0.25) is 0 Å². The topological polar surface area (TPSA) is 49.8 Å². The Morgan fingerprint density at radius 2 is 1.91 bits per heavy atom. The number of aryl methyl sites for hydroxylation is 1. The number of nitrogens with one attached hydrogen (secondary N) is 2. The monoisotopic (exact) mass is 302 g/mol. The van der Waals surface area contributed by atoms with Crippen LogP contribution in [0.25, 0.3) is 0 Å². The lowest BCUT2D eigenvalue weighted by atomic mass is 10.1. The molecule has 22 heavy (non-hydrogen) atoms. The molecule has 0 saturated carbocycles. The second-order valence-electron chi connectivity index (χ2n) is 5.27. The maximum atomic E-state index is 13.5. The first-order valence-electron chi connectivity index (χ1n) is 7.76. The van der Waals surface area contributed by atoms with E-state index in [2.05, 4.69) is 27.5 Å². The summed E-state index contributed by atoms with van der Waals surface area (Å²) >= 11 is 0. The van der Waals surface area contributed by atoms with Crippen LogP contribution < -0.4 is 10.6 Å². The largest absolute Gasteiger partial charge is 0.370 e. The summed E-state index contributed by atoms with van der Waals surface area (Å²) in [6.45, 7) is 5.59. The van der Waals surface area contributed by atoms with E-state index in [1.54, 1.807) is 12.1 Å². The molecule has 0 bridgehead atoms. The minimum Gasteiger partial charge on any atom is -0.370 e. The van der Waals surface area contributed by atoms with Crippen molar-refractivity contribution in [3.8, 4) is 0 Å². The van der Waals surface area contributed by atoms with E-state index in [-0.39, 0.29) is 5.82 Å². The third-order valence-electron chi connectivity index (χ3n) is 3.33. The van der Waals surface area contributed by atoms with E-state index in [9.17, 15) is 4.39 Å². The minimum absolute atomic E-state index is 0.170. The third-order valence-corrected chi connectivity index (χ3v) is 3.33. The highest BCUT2D eigenvalue weighted by molar-refractivity contribution is 5.42. The van der Waals surface area contributed by atoms with Gasteiger partial charge in [0.25, 0.3) is 0 Å². The Bertz CT molecular complexity index is 601. The first kappa shape index (κ1) is 16.2. The van der Waals surface area contributed by atoms with E-state index in [0.717, 1.165) is 30.9 Å². The molecule has 0 unspecified atom stereocenters. The summed E-state index contributed by atoms with van der Waals surface area (Å²) in [7, 11) is 0. The number of hydrogen-bond acceptors (Lipinski definition) is 4. The fourth-order valence-electron chi connectivity index (χ4n) is 2.14. The molecule has 0 spiro atoms. The van der Waals surface area contributed by atoms with E-state index < -0.39 is 0 Å². The van der Waals surface area contributed by atoms with Crippen LogP contribution in [0.15, 0.2) is 30.3 Å². The van der Waals surface area contributed by atoms with Gasteiger partial charge in [0.05, 0.1) is 0 Å². The molecule has 5 heteroatoms. The highest BCUT2D eigenvalue weighted by Gasteiger charge is 2.03. The van der Waals surface area contributed by atoms with Crippen LogP contribution in [0.5, 0.6) is 0 Å². The van der Waals surface area contributed by atoms with E-state index in [1.165, 1.54) is 6.07 Å². The molecule has 0 amide bonds. The van der Waals surface area contributed by atoms with Gasteiger partial charge >= 0.3 is 0 Å². The summed E-state index contributed by atoms with van der Waals surface area (Å²) < 4.78 is 13.5. The Morgan fingerprint density at radius 1 is 1.09 bits per heavy atom. The lowest BCUT2D eigenvalue weighted by Gasteiger charge is -2.10. The van der Waals surface area contributed by atoms with Crippen LogP contribution in [0.1, 0.15) is 31.0 Å². The summed E-state index contributed by atoms with van der Waals surface area (Å²) in [6.07, 6.45) is 2.85. The highest BCUT2D eigenvalue weighted by atomic mass is 19.1. The Labute approximate surface area is 131 Å². The van der Waals surface area contributed by atoms with Crippen molar-refractivity contribution in [2.45, 2.75) is 33.1 Å². The second-order valence-corrected chi connectivity index (χ2v) is 5.27. The van der Waals surface area contributed by atoms with Crippen LogP contribution in [-0.2, 0) is 6.42 Å². The molecule has 2 aromatic rings. The van der Waals surface area contributed by atoms with E-state index in [4.69, 9.17) is 0 Å². The fourth-order valence-corrected chi connectivity index (χ4v) is 2.14. The van der Waals surface area contributed by atoms with Crippen molar-refractivity contribution in [3.05, 3.63) is 47.4 Å². The van der Waals surface area contributed by atoms with Crippen molar-refractivity contribution < 1.29 is 4.39 Å². The molecule has 0 radical (unpaired) electrons. The predicted octanol–water partition coefficient (Wildman–Crippen LogP) is 3.79. The minimum atomic E-state index is -0.170. The van der Waals surface area contributed by atoms with Gasteiger partial charge in [0.1, 0.15) is 11.6 Å². The Balaban J connectivity index is 1.90. The van der Waals surface area contributed by atoms with Crippen LogP contribution in [0.4, 0.5) is 16.2 Å². The molecule has 0 aliphatic carbocycles. The van der Waals surface area contributed by atoms with Crippen molar-refractivity contribution in [1.29, 1.82) is 0 Å². The second kappa shape index (κ2) is 8.32. The smallest absolute Gasteiger partial charge is 0.224 e. The van der Waals surface area contributed by atoms with Crippen molar-refractivity contribution >= 4 is 11.8 Å². The molecular formula is C17H23FN4. The molecule has 2 N–H and O–H groups in total. The van der Waals surface area contributed by atoms with Crippen molar-refractivity contribution in [2.75, 3.05) is 23.7 Å². The molecule has 2 rings (SSSR count). The number of unbranched alkanes of at least 4 members (excludes halogenated alkanes) is 1.